The molecule has 1 saturated carbocycles. The van der Waals surface area contributed by atoms with Gasteiger partial charge in [-0.25, -0.2) is 8.42 Å². The van der Waals surface area contributed by atoms with E-state index in [0.29, 0.717) is 0 Å². The fourth-order valence-electron chi connectivity index (χ4n) is 0.948. The van der Waals surface area contributed by atoms with Gasteiger partial charge in [-0.15, -0.1) is 0 Å². The molecule has 10 heavy (non-hydrogen) atoms. The first-order valence-electron chi connectivity index (χ1n) is 3.01. The third kappa shape index (κ3) is 3.93. The molecule has 0 heterocycles. The van der Waals surface area contributed by atoms with Gasteiger partial charge in [0.25, 0.3) is 0 Å². The van der Waals surface area contributed by atoms with Crippen molar-refractivity contribution in [3.63, 3.8) is 0 Å². The number of hydrogen-bond acceptors (Lipinski definition) is 3. The van der Waals surface area contributed by atoms with Crippen LogP contribution in [-0.2, 0) is 10.1 Å². The summed E-state index contributed by atoms with van der Waals surface area (Å²) in [5, 5.41) is 0. The van der Waals surface area contributed by atoms with Gasteiger partial charge in [0.05, 0.1) is 10.1 Å². The summed E-state index contributed by atoms with van der Waals surface area (Å²) in [4.78, 5) is 0. The average molecular weight is 172 g/mol. The molecular weight excluding hydrogens is 163 g/mol. The van der Waals surface area contributed by atoms with E-state index < -0.39 is 10.1 Å². The van der Waals surface area contributed by atoms with Crippen molar-refractivity contribution in [3.05, 3.63) is 0 Å². The Morgan fingerprint density at radius 2 is 1.90 bits per heavy atom. The van der Waals surface area contributed by atoms with Crippen LogP contribution in [0.5, 0.6) is 0 Å². The summed E-state index contributed by atoms with van der Waals surface area (Å²) in [7, 11) is -3.93. The van der Waals surface area contributed by atoms with Crippen molar-refractivity contribution in [2.24, 2.45) is 5.92 Å². The average Bonchev–Trinajstić information content (AvgIpc) is 1.53. The summed E-state index contributed by atoms with van der Waals surface area (Å²) in [6, 6.07) is 0. The molecule has 0 aromatic rings. The summed E-state index contributed by atoms with van der Waals surface area (Å²) in [6.45, 7) is 0. The summed E-state index contributed by atoms with van der Waals surface area (Å²) >= 11 is 0. The van der Waals surface area contributed by atoms with Crippen molar-refractivity contribution in [3.8, 4) is 0 Å². The van der Waals surface area contributed by atoms with Gasteiger partial charge in [0, 0.05) is 5.75 Å². The number of hydrogen-bond donors (Lipinski definition) is 0. The standard InChI is InChI=1S/C5H10O3S.Na/c6-9(7,8)4-5-2-1-3-5;/h5H,1-4H2,(H,6,7,8);/q;+1/p-1. The smallest absolute Gasteiger partial charge is 0.748 e. The molecular formula is C5H9NaO3S. The van der Waals surface area contributed by atoms with Crippen molar-refractivity contribution < 1.29 is 42.5 Å². The predicted octanol–water partition coefficient (Wildman–Crippen LogP) is -2.66. The third-order valence-electron chi connectivity index (χ3n) is 1.66. The van der Waals surface area contributed by atoms with Gasteiger partial charge in [-0.3, -0.25) is 0 Å². The molecule has 1 fully saturated rings. The first kappa shape index (κ1) is 10.9. The minimum Gasteiger partial charge on any atom is -0.748 e. The number of rotatable bonds is 2. The monoisotopic (exact) mass is 172 g/mol. The van der Waals surface area contributed by atoms with Gasteiger partial charge in [0.2, 0.25) is 0 Å². The van der Waals surface area contributed by atoms with E-state index in [9.17, 15) is 13.0 Å². The van der Waals surface area contributed by atoms with E-state index in [1.807, 2.05) is 0 Å². The van der Waals surface area contributed by atoms with Crippen LogP contribution in [-0.4, -0.2) is 18.7 Å². The van der Waals surface area contributed by atoms with Gasteiger partial charge >= 0.3 is 29.6 Å². The molecule has 0 aliphatic heterocycles. The molecule has 0 atom stereocenters. The summed E-state index contributed by atoms with van der Waals surface area (Å²) in [6.07, 6.45) is 2.92. The first-order chi connectivity index (χ1) is 4.08. The van der Waals surface area contributed by atoms with Crippen LogP contribution in [0.1, 0.15) is 19.3 Å². The Labute approximate surface area is 83.2 Å². The molecule has 0 bridgehead atoms. The van der Waals surface area contributed by atoms with E-state index >= 15 is 0 Å². The molecule has 0 spiro atoms. The zero-order chi connectivity index (χ0) is 6.91. The van der Waals surface area contributed by atoms with Crippen molar-refractivity contribution in [2.45, 2.75) is 19.3 Å². The van der Waals surface area contributed by atoms with Crippen LogP contribution in [0.3, 0.4) is 0 Å². The Morgan fingerprint density at radius 1 is 1.40 bits per heavy atom. The maximum Gasteiger partial charge on any atom is 1.00 e. The largest absolute Gasteiger partial charge is 1.00 e. The van der Waals surface area contributed by atoms with E-state index in [1.165, 1.54) is 0 Å². The van der Waals surface area contributed by atoms with Crippen LogP contribution in [0.15, 0.2) is 0 Å². The quantitative estimate of drug-likeness (QED) is 0.337. The van der Waals surface area contributed by atoms with Crippen LogP contribution in [0, 0.1) is 5.92 Å². The Bertz CT molecular complexity index is 183. The molecule has 0 amide bonds. The second-order valence-corrected chi connectivity index (χ2v) is 3.97. The minimum absolute atomic E-state index is 0. The van der Waals surface area contributed by atoms with Crippen LogP contribution in [0.25, 0.3) is 0 Å². The Balaban J connectivity index is 0.000000810. The fraction of sp³-hybridized carbons (Fsp3) is 1.00. The van der Waals surface area contributed by atoms with E-state index in [0.717, 1.165) is 19.3 Å². The SMILES string of the molecule is O=S(=O)([O-])CC1CCC1.[Na+]. The Kier molecular flexibility index (Phi) is 4.44. The molecule has 54 valence electrons. The second-order valence-electron chi connectivity index (χ2n) is 2.52. The molecule has 0 N–H and O–H groups in total. The van der Waals surface area contributed by atoms with E-state index in [4.69, 9.17) is 0 Å². The fourth-order valence-corrected chi connectivity index (χ4v) is 1.86. The summed E-state index contributed by atoms with van der Waals surface area (Å²) < 4.78 is 30.2. The van der Waals surface area contributed by atoms with Crippen molar-refractivity contribution in [2.75, 3.05) is 5.75 Å². The third-order valence-corrected chi connectivity index (χ3v) is 2.54. The van der Waals surface area contributed by atoms with Crippen molar-refractivity contribution >= 4 is 10.1 Å². The molecule has 5 heteroatoms. The summed E-state index contributed by atoms with van der Waals surface area (Å²) in [5.74, 6) is 0.0278. The Morgan fingerprint density at radius 3 is 2.00 bits per heavy atom. The topological polar surface area (TPSA) is 57.2 Å². The maximum absolute atomic E-state index is 10.1. The van der Waals surface area contributed by atoms with Gasteiger partial charge in [-0.1, -0.05) is 6.42 Å². The molecule has 0 aromatic carbocycles. The molecule has 0 radical (unpaired) electrons. The molecule has 1 rings (SSSR count). The molecule has 3 nitrogen and oxygen atoms in total. The van der Waals surface area contributed by atoms with Gasteiger partial charge in [-0.05, 0) is 18.8 Å². The molecule has 1 aliphatic carbocycles. The van der Waals surface area contributed by atoms with Crippen LogP contribution in [0.4, 0.5) is 0 Å². The zero-order valence-corrected chi connectivity index (χ0v) is 8.86. The summed E-state index contributed by atoms with van der Waals surface area (Å²) in [5.41, 5.74) is 0. The Hall–Kier alpha value is 0.910. The second kappa shape index (κ2) is 4.07. The first-order valence-corrected chi connectivity index (χ1v) is 4.59. The molecule has 0 saturated heterocycles. The van der Waals surface area contributed by atoms with Crippen molar-refractivity contribution in [1.82, 2.24) is 0 Å². The maximum atomic E-state index is 10.1. The van der Waals surface area contributed by atoms with Gasteiger partial charge in [-0.2, -0.15) is 0 Å². The normalized spacial score (nSPS) is 19.3. The van der Waals surface area contributed by atoms with Gasteiger partial charge in [0.1, 0.15) is 0 Å². The van der Waals surface area contributed by atoms with E-state index in [2.05, 4.69) is 0 Å². The zero-order valence-electron chi connectivity index (χ0n) is 6.04. The predicted molar refractivity (Wildman–Crippen MR) is 31.9 cm³/mol. The van der Waals surface area contributed by atoms with E-state index in [1.54, 1.807) is 0 Å². The minimum atomic E-state index is -3.93. The molecule has 1 aliphatic rings. The van der Waals surface area contributed by atoms with Crippen LogP contribution < -0.4 is 29.6 Å². The van der Waals surface area contributed by atoms with E-state index in [-0.39, 0.29) is 41.2 Å². The van der Waals surface area contributed by atoms with Crippen molar-refractivity contribution in [1.29, 1.82) is 0 Å². The molecule has 0 unspecified atom stereocenters. The van der Waals surface area contributed by atoms with Crippen LogP contribution in [0.2, 0.25) is 0 Å². The molecule has 0 aromatic heterocycles. The van der Waals surface area contributed by atoms with Gasteiger partial charge in [0.15, 0.2) is 0 Å². The van der Waals surface area contributed by atoms with Crippen LogP contribution >= 0.6 is 0 Å². The van der Waals surface area contributed by atoms with Gasteiger partial charge < -0.3 is 4.55 Å².